The fourth-order valence-corrected chi connectivity index (χ4v) is 3.71. The topological polar surface area (TPSA) is 18.5 Å². The van der Waals surface area contributed by atoms with Gasteiger partial charge in [-0.05, 0) is 58.2 Å². The molecular weight excluding hydrogens is 222 g/mol. The molecule has 0 amide bonds. The first-order valence-corrected chi connectivity index (χ1v) is 7.90. The summed E-state index contributed by atoms with van der Waals surface area (Å²) in [4.78, 5) is 5.37. The summed E-state index contributed by atoms with van der Waals surface area (Å²) in [6.45, 7) is 7.53. The van der Waals surface area contributed by atoms with Crippen molar-refractivity contribution in [1.82, 2.24) is 15.1 Å². The maximum absolute atomic E-state index is 3.67. The molecule has 1 aliphatic carbocycles. The zero-order valence-corrected chi connectivity index (χ0v) is 12.1. The molecule has 0 aromatic carbocycles. The van der Waals surface area contributed by atoms with E-state index in [1.165, 1.54) is 58.3 Å². The van der Waals surface area contributed by atoms with Crippen LogP contribution in [0.25, 0.3) is 0 Å². The molecule has 2 heterocycles. The first kappa shape index (κ1) is 12.9. The van der Waals surface area contributed by atoms with E-state index in [1.807, 2.05) is 0 Å². The van der Waals surface area contributed by atoms with Gasteiger partial charge in [0.15, 0.2) is 0 Å². The summed E-state index contributed by atoms with van der Waals surface area (Å²) in [5.74, 6) is 0.799. The third kappa shape index (κ3) is 3.06. The van der Waals surface area contributed by atoms with Gasteiger partial charge in [0.2, 0.25) is 0 Å². The molecule has 18 heavy (non-hydrogen) atoms. The average Bonchev–Trinajstić information content (AvgIpc) is 3.09. The predicted octanol–water partition coefficient (Wildman–Crippen LogP) is 1.54. The van der Waals surface area contributed by atoms with Crippen LogP contribution in [0.5, 0.6) is 0 Å². The van der Waals surface area contributed by atoms with Gasteiger partial charge in [-0.1, -0.05) is 6.92 Å². The molecule has 0 aromatic rings. The van der Waals surface area contributed by atoms with Crippen LogP contribution in [0, 0.1) is 5.92 Å². The Morgan fingerprint density at radius 3 is 2.67 bits per heavy atom. The molecule has 1 N–H and O–H groups in total. The minimum absolute atomic E-state index is 0.799. The number of nitrogens with one attached hydrogen (secondary N) is 1. The van der Waals surface area contributed by atoms with Gasteiger partial charge < -0.3 is 10.2 Å². The van der Waals surface area contributed by atoms with E-state index in [9.17, 15) is 0 Å². The van der Waals surface area contributed by atoms with E-state index < -0.39 is 0 Å². The van der Waals surface area contributed by atoms with Crippen molar-refractivity contribution in [3.8, 4) is 0 Å². The van der Waals surface area contributed by atoms with Gasteiger partial charge in [-0.25, -0.2) is 0 Å². The van der Waals surface area contributed by atoms with Gasteiger partial charge >= 0.3 is 0 Å². The second-order valence-corrected chi connectivity index (χ2v) is 6.89. The molecule has 3 heteroatoms. The molecule has 2 aliphatic heterocycles. The van der Waals surface area contributed by atoms with Gasteiger partial charge in [-0.15, -0.1) is 0 Å². The average molecular weight is 251 g/mol. The molecule has 3 nitrogen and oxygen atoms in total. The lowest BCUT2D eigenvalue weighted by Gasteiger charge is -2.28. The van der Waals surface area contributed by atoms with Gasteiger partial charge in [0.05, 0.1) is 0 Å². The third-order valence-electron chi connectivity index (χ3n) is 5.13. The van der Waals surface area contributed by atoms with Gasteiger partial charge in [0.25, 0.3) is 0 Å². The monoisotopic (exact) mass is 251 g/mol. The number of rotatable bonds is 5. The zero-order chi connectivity index (χ0) is 12.5. The summed E-state index contributed by atoms with van der Waals surface area (Å²) in [6.07, 6.45) is 7.06. The highest BCUT2D eigenvalue weighted by Crippen LogP contribution is 2.28. The van der Waals surface area contributed by atoms with Crippen LogP contribution in [0.1, 0.15) is 39.0 Å². The molecule has 3 aliphatic rings. The van der Waals surface area contributed by atoms with E-state index in [1.54, 1.807) is 0 Å². The van der Waals surface area contributed by atoms with Gasteiger partial charge in [0.1, 0.15) is 0 Å². The van der Waals surface area contributed by atoms with Crippen molar-refractivity contribution in [2.75, 3.05) is 33.2 Å². The van der Waals surface area contributed by atoms with E-state index in [2.05, 4.69) is 29.1 Å². The van der Waals surface area contributed by atoms with Crippen molar-refractivity contribution in [1.29, 1.82) is 0 Å². The third-order valence-corrected chi connectivity index (χ3v) is 5.13. The van der Waals surface area contributed by atoms with Crippen LogP contribution in [0.15, 0.2) is 0 Å². The van der Waals surface area contributed by atoms with E-state index in [-0.39, 0.29) is 0 Å². The number of hydrogen-bond acceptors (Lipinski definition) is 3. The van der Waals surface area contributed by atoms with Crippen molar-refractivity contribution in [3.05, 3.63) is 0 Å². The lowest BCUT2D eigenvalue weighted by molar-refractivity contribution is 0.200. The van der Waals surface area contributed by atoms with E-state index in [0.29, 0.717) is 0 Å². The Bertz CT molecular complexity index is 277. The quantitative estimate of drug-likeness (QED) is 0.800. The second-order valence-electron chi connectivity index (χ2n) is 6.89. The maximum Gasteiger partial charge on any atom is 0.0223 e. The molecule has 2 bridgehead atoms. The highest BCUT2D eigenvalue weighted by molar-refractivity contribution is 4.91. The van der Waals surface area contributed by atoms with E-state index in [0.717, 1.165) is 24.0 Å². The normalized spacial score (nSPS) is 35.7. The molecule has 1 saturated carbocycles. The smallest absolute Gasteiger partial charge is 0.0223 e. The summed E-state index contributed by atoms with van der Waals surface area (Å²) < 4.78 is 0. The largest absolute Gasteiger partial charge is 0.314 e. The Morgan fingerprint density at radius 1 is 1.11 bits per heavy atom. The molecule has 104 valence electrons. The Hall–Kier alpha value is -0.120. The van der Waals surface area contributed by atoms with Gasteiger partial charge in [-0.3, -0.25) is 4.90 Å². The highest BCUT2D eigenvalue weighted by Gasteiger charge is 2.34. The van der Waals surface area contributed by atoms with Crippen LogP contribution in [0.4, 0.5) is 0 Å². The SMILES string of the molecule is CC(CNC1CC1)CN1CCC2CCC(C1)N2C. The lowest BCUT2D eigenvalue weighted by Crippen LogP contribution is -2.40. The minimum atomic E-state index is 0.799. The first-order chi connectivity index (χ1) is 8.72. The minimum Gasteiger partial charge on any atom is -0.314 e. The summed E-state index contributed by atoms with van der Waals surface area (Å²) >= 11 is 0. The number of hydrogen-bond donors (Lipinski definition) is 1. The Balaban J connectivity index is 1.44. The van der Waals surface area contributed by atoms with Gasteiger partial charge in [-0.2, -0.15) is 0 Å². The summed E-state index contributed by atoms with van der Waals surface area (Å²) in [6, 6.07) is 2.57. The first-order valence-electron chi connectivity index (χ1n) is 7.90. The zero-order valence-electron chi connectivity index (χ0n) is 12.1. The molecule has 3 atom stereocenters. The lowest BCUT2D eigenvalue weighted by atomic mass is 10.1. The van der Waals surface area contributed by atoms with Crippen molar-refractivity contribution < 1.29 is 0 Å². The maximum atomic E-state index is 3.67. The van der Waals surface area contributed by atoms with Crippen molar-refractivity contribution in [2.24, 2.45) is 5.92 Å². The number of likely N-dealkylation sites (N-methyl/N-ethyl adjacent to an activating group) is 1. The molecule has 3 unspecified atom stereocenters. The fourth-order valence-electron chi connectivity index (χ4n) is 3.71. The van der Waals surface area contributed by atoms with Crippen LogP contribution >= 0.6 is 0 Å². The van der Waals surface area contributed by atoms with Crippen LogP contribution in [0.3, 0.4) is 0 Å². The van der Waals surface area contributed by atoms with Crippen molar-refractivity contribution in [3.63, 3.8) is 0 Å². The number of fused-ring (bicyclic) bond motifs is 2. The fraction of sp³-hybridized carbons (Fsp3) is 1.00. The molecule has 3 fully saturated rings. The van der Waals surface area contributed by atoms with E-state index in [4.69, 9.17) is 0 Å². The predicted molar refractivity (Wildman–Crippen MR) is 75.8 cm³/mol. The Kier molecular flexibility index (Phi) is 3.92. The molecule has 3 rings (SSSR count). The molecular formula is C15H29N3. The van der Waals surface area contributed by atoms with Gasteiger partial charge in [0, 0.05) is 31.2 Å². The molecule has 2 saturated heterocycles. The van der Waals surface area contributed by atoms with Crippen LogP contribution in [-0.2, 0) is 0 Å². The standard InChI is InChI=1S/C15H29N3/c1-12(9-16-13-3-4-13)10-18-8-7-14-5-6-15(11-18)17(14)2/h12-16H,3-11H2,1-2H3. The van der Waals surface area contributed by atoms with Crippen molar-refractivity contribution in [2.45, 2.75) is 57.2 Å². The summed E-state index contributed by atoms with van der Waals surface area (Å²) in [7, 11) is 2.34. The second kappa shape index (κ2) is 5.48. The van der Waals surface area contributed by atoms with E-state index >= 15 is 0 Å². The summed E-state index contributed by atoms with van der Waals surface area (Å²) in [5.41, 5.74) is 0. The summed E-state index contributed by atoms with van der Waals surface area (Å²) in [5, 5.41) is 3.67. The molecule has 0 aromatic heterocycles. The Morgan fingerprint density at radius 2 is 1.89 bits per heavy atom. The highest BCUT2D eigenvalue weighted by atomic mass is 15.3. The van der Waals surface area contributed by atoms with Crippen LogP contribution in [0.2, 0.25) is 0 Å². The van der Waals surface area contributed by atoms with Crippen LogP contribution < -0.4 is 5.32 Å². The molecule has 0 spiro atoms. The number of likely N-dealkylation sites (tertiary alicyclic amines) is 1. The van der Waals surface area contributed by atoms with Crippen LogP contribution in [-0.4, -0.2) is 61.2 Å². The number of nitrogens with zero attached hydrogens (tertiary/aromatic N) is 2. The molecule has 0 radical (unpaired) electrons. The Labute approximate surface area is 112 Å². The van der Waals surface area contributed by atoms with Crippen molar-refractivity contribution >= 4 is 0 Å².